The third-order valence-electron chi connectivity index (χ3n) is 3.45. The lowest BCUT2D eigenvalue weighted by molar-refractivity contribution is 0.427. The molecule has 1 aromatic rings. The van der Waals surface area contributed by atoms with Crippen LogP contribution in [0.5, 0.6) is 0 Å². The van der Waals surface area contributed by atoms with Crippen LogP contribution in [-0.2, 0) is 6.54 Å². The molecule has 2 atom stereocenters. The second-order valence-corrected chi connectivity index (χ2v) is 5.91. The molecule has 0 amide bonds. The summed E-state index contributed by atoms with van der Waals surface area (Å²) in [5.41, 5.74) is 0. The molecule has 1 saturated heterocycles. The van der Waals surface area contributed by atoms with Gasteiger partial charge in [-0.25, -0.2) is 0 Å². The van der Waals surface area contributed by atoms with E-state index in [9.17, 15) is 0 Å². The number of hydrogen-bond donors (Lipinski definition) is 1. The summed E-state index contributed by atoms with van der Waals surface area (Å²) in [6.45, 7) is 4.23. The minimum absolute atomic E-state index is 0.351. The molecule has 5 heteroatoms. The lowest BCUT2D eigenvalue weighted by Gasteiger charge is -2.25. The summed E-state index contributed by atoms with van der Waals surface area (Å²) in [4.78, 5) is 0. The minimum Gasteiger partial charge on any atom is -0.311 e. The lowest BCUT2D eigenvalue weighted by atomic mass is 10.1. The van der Waals surface area contributed by atoms with Crippen molar-refractivity contribution >= 4 is 11.8 Å². The number of aromatic nitrogens is 3. The highest BCUT2D eigenvalue weighted by Gasteiger charge is 2.27. The second-order valence-electron chi connectivity index (χ2n) is 4.60. The summed E-state index contributed by atoms with van der Waals surface area (Å²) in [7, 11) is 0. The molecule has 0 saturated carbocycles. The van der Waals surface area contributed by atoms with Crippen LogP contribution in [0.1, 0.15) is 49.1 Å². The molecule has 2 aliphatic heterocycles. The third kappa shape index (κ3) is 1.76. The van der Waals surface area contributed by atoms with Crippen molar-refractivity contribution in [3.63, 3.8) is 0 Å². The molecule has 0 radical (unpaired) electrons. The van der Waals surface area contributed by atoms with Crippen LogP contribution in [0.25, 0.3) is 0 Å². The maximum absolute atomic E-state index is 4.42. The van der Waals surface area contributed by atoms with E-state index >= 15 is 0 Å². The number of hydrogen-bond acceptors (Lipinski definition) is 4. The summed E-state index contributed by atoms with van der Waals surface area (Å²) >= 11 is 2.05. The predicted molar refractivity (Wildman–Crippen MR) is 65.5 cm³/mol. The van der Waals surface area contributed by atoms with E-state index in [2.05, 4.69) is 38.8 Å². The molecule has 3 heterocycles. The number of rotatable bonds is 1. The Balaban J connectivity index is 1.89. The van der Waals surface area contributed by atoms with E-state index in [-0.39, 0.29) is 0 Å². The molecule has 1 aromatic heterocycles. The minimum atomic E-state index is 0.351. The Morgan fingerprint density at radius 3 is 3.00 bits per heavy atom. The molecule has 0 bridgehead atoms. The van der Waals surface area contributed by atoms with Gasteiger partial charge in [-0.2, -0.15) is 11.8 Å². The van der Waals surface area contributed by atoms with Gasteiger partial charge in [-0.3, -0.25) is 0 Å². The molecular formula is C11H18N4S. The maximum Gasteiger partial charge on any atom is 0.149 e. The molecule has 0 spiro atoms. The molecule has 88 valence electrons. The highest BCUT2D eigenvalue weighted by molar-refractivity contribution is 7.99. The van der Waals surface area contributed by atoms with E-state index in [1.54, 1.807) is 0 Å². The zero-order valence-electron chi connectivity index (χ0n) is 9.65. The van der Waals surface area contributed by atoms with E-state index in [1.165, 1.54) is 30.8 Å². The summed E-state index contributed by atoms with van der Waals surface area (Å²) in [6.07, 6.45) is 3.97. The maximum atomic E-state index is 4.42. The lowest BCUT2D eigenvalue weighted by Crippen LogP contribution is -2.33. The van der Waals surface area contributed by atoms with Crippen molar-refractivity contribution in [1.82, 2.24) is 20.1 Å². The van der Waals surface area contributed by atoms with Crippen LogP contribution >= 0.6 is 11.8 Å². The third-order valence-corrected chi connectivity index (χ3v) is 4.82. The zero-order chi connectivity index (χ0) is 11.0. The molecule has 0 aromatic carbocycles. The molecule has 16 heavy (non-hydrogen) atoms. The van der Waals surface area contributed by atoms with Gasteiger partial charge in [0.05, 0.1) is 11.3 Å². The average molecular weight is 238 g/mol. The van der Waals surface area contributed by atoms with Crippen LogP contribution in [0.2, 0.25) is 0 Å². The van der Waals surface area contributed by atoms with Crippen LogP contribution in [0.3, 0.4) is 0 Å². The molecule has 1 fully saturated rings. The first-order valence-electron chi connectivity index (χ1n) is 6.14. The highest BCUT2D eigenvalue weighted by Crippen LogP contribution is 2.38. The van der Waals surface area contributed by atoms with Gasteiger partial charge in [0, 0.05) is 13.1 Å². The number of thioether (sulfide) groups is 1. The first-order valence-corrected chi connectivity index (χ1v) is 7.19. The quantitative estimate of drug-likeness (QED) is 0.811. The largest absolute Gasteiger partial charge is 0.311 e. The van der Waals surface area contributed by atoms with Gasteiger partial charge >= 0.3 is 0 Å². The standard InChI is InChI=1S/C11H18N4S/c1-8-10-13-14-11(15(10)6-5-12-8)9-4-2-3-7-16-9/h8-9,12H,2-7H2,1H3. The highest BCUT2D eigenvalue weighted by atomic mass is 32.2. The Bertz CT molecular complexity index is 370. The van der Waals surface area contributed by atoms with Crippen molar-refractivity contribution in [2.45, 2.75) is 44.0 Å². The Morgan fingerprint density at radius 1 is 1.31 bits per heavy atom. The summed E-state index contributed by atoms with van der Waals surface area (Å²) in [5, 5.41) is 12.8. The number of nitrogens with one attached hydrogen (secondary N) is 1. The molecule has 1 N–H and O–H groups in total. The fourth-order valence-electron chi connectivity index (χ4n) is 2.54. The van der Waals surface area contributed by atoms with Gasteiger partial charge in [-0.1, -0.05) is 6.42 Å². The average Bonchev–Trinajstić information content (AvgIpc) is 2.75. The molecule has 2 aliphatic rings. The van der Waals surface area contributed by atoms with Gasteiger partial charge in [0.2, 0.25) is 0 Å². The number of fused-ring (bicyclic) bond motifs is 1. The van der Waals surface area contributed by atoms with Crippen LogP contribution in [0, 0.1) is 0 Å². The Morgan fingerprint density at radius 2 is 2.19 bits per heavy atom. The second kappa shape index (κ2) is 4.37. The van der Waals surface area contributed by atoms with Crippen molar-refractivity contribution in [3.8, 4) is 0 Å². The van der Waals surface area contributed by atoms with Gasteiger partial charge < -0.3 is 9.88 Å². The van der Waals surface area contributed by atoms with E-state index in [1.807, 2.05) is 0 Å². The normalized spacial score (nSPS) is 30.1. The van der Waals surface area contributed by atoms with E-state index in [4.69, 9.17) is 0 Å². The zero-order valence-corrected chi connectivity index (χ0v) is 10.5. The molecule has 2 unspecified atom stereocenters. The van der Waals surface area contributed by atoms with E-state index in [0.717, 1.165) is 18.9 Å². The topological polar surface area (TPSA) is 42.7 Å². The summed E-state index contributed by atoms with van der Waals surface area (Å²) < 4.78 is 2.34. The first-order chi connectivity index (χ1) is 7.86. The van der Waals surface area contributed by atoms with Crippen molar-refractivity contribution in [1.29, 1.82) is 0 Å². The van der Waals surface area contributed by atoms with Crippen LogP contribution in [-0.4, -0.2) is 27.1 Å². The molecule has 3 rings (SSSR count). The van der Waals surface area contributed by atoms with Crippen molar-refractivity contribution in [2.75, 3.05) is 12.3 Å². The van der Waals surface area contributed by atoms with Gasteiger partial charge in [0.15, 0.2) is 0 Å². The SMILES string of the molecule is CC1NCCn2c1nnc2C1CCCCS1. The van der Waals surface area contributed by atoms with Crippen LogP contribution in [0.4, 0.5) is 0 Å². The van der Waals surface area contributed by atoms with Crippen LogP contribution < -0.4 is 5.32 Å². The monoisotopic (exact) mass is 238 g/mol. The summed E-state index contributed by atoms with van der Waals surface area (Å²) in [5.74, 6) is 3.61. The fourth-order valence-corrected chi connectivity index (χ4v) is 3.86. The van der Waals surface area contributed by atoms with Gasteiger partial charge in [-0.15, -0.1) is 10.2 Å². The first kappa shape index (κ1) is 10.6. The van der Waals surface area contributed by atoms with Gasteiger partial charge in [-0.05, 0) is 25.5 Å². The van der Waals surface area contributed by atoms with E-state index in [0.29, 0.717) is 11.3 Å². The molecular weight excluding hydrogens is 220 g/mol. The predicted octanol–water partition coefficient (Wildman–Crippen LogP) is 1.90. The Kier molecular flexibility index (Phi) is 2.90. The van der Waals surface area contributed by atoms with Crippen molar-refractivity contribution in [2.24, 2.45) is 0 Å². The van der Waals surface area contributed by atoms with Crippen molar-refractivity contribution < 1.29 is 0 Å². The Labute approximate surface area is 100 Å². The van der Waals surface area contributed by atoms with E-state index < -0.39 is 0 Å². The number of nitrogens with zero attached hydrogens (tertiary/aromatic N) is 3. The van der Waals surface area contributed by atoms with Crippen LogP contribution in [0.15, 0.2) is 0 Å². The van der Waals surface area contributed by atoms with Gasteiger partial charge in [0.1, 0.15) is 11.6 Å². The molecule has 0 aliphatic carbocycles. The fraction of sp³-hybridized carbons (Fsp3) is 0.818. The smallest absolute Gasteiger partial charge is 0.149 e. The van der Waals surface area contributed by atoms with Gasteiger partial charge in [0.25, 0.3) is 0 Å². The summed E-state index contributed by atoms with van der Waals surface area (Å²) in [6, 6.07) is 0.351. The van der Waals surface area contributed by atoms with Crippen molar-refractivity contribution in [3.05, 3.63) is 11.6 Å². The molecule has 4 nitrogen and oxygen atoms in total. The Hall–Kier alpha value is -0.550.